The largest absolute Gasteiger partial charge is 0.490 e. The Kier molecular flexibility index (Phi) is 6.36. The molecule has 0 spiro atoms. The zero-order valence-corrected chi connectivity index (χ0v) is 16.3. The van der Waals surface area contributed by atoms with Crippen molar-refractivity contribution in [3.8, 4) is 5.75 Å². The summed E-state index contributed by atoms with van der Waals surface area (Å²) in [4.78, 5) is 11.0. The third-order valence-electron chi connectivity index (χ3n) is 5.77. The lowest BCUT2D eigenvalue weighted by molar-refractivity contribution is -0.185. The maximum Gasteiger partial charge on any atom is 0.391 e. The first-order valence-corrected chi connectivity index (χ1v) is 9.89. The normalized spacial score (nSPS) is 22.2. The van der Waals surface area contributed by atoms with Crippen LogP contribution in [-0.4, -0.2) is 29.4 Å². The molecule has 3 rings (SSSR count). The summed E-state index contributed by atoms with van der Waals surface area (Å²) in [5, 5.41) is 10.9. The summed E-state index contributed by atoms with van der Waals surface area (Å²) in [6.45, 7) is 1.94. The van der Waals surface area contributed by atoms with Gasteiger partial charge in [-0.3, -0.25) is 4.79 Å². The zero-order chi connectivity index (χ0) is 21.2. The van der Waals surface area contributed by atoms with Crippen LogP contribution < -0.4 is 10.5 Å². The van der Waals surface area contributed by atoms with Crippen molar-refractivity contribution in [3.05, 3.63) is 42.0 Å². The van der Waals surface area contributed by atoms with Gasteiger partial charge in [-0.05, 0) is 66.5 Å². The fourth-order valence-electron chi connectivity index (χ4n) is 3.94. The number of alkyl halides is 3. The number of halogens is 3. The first kappa shape index (κ1) is 21.4. The number of aliphatic carboxylic acids is 1. The lowest BCUT2D eigenvalue weighted by Crippen LogP contribution is -2.31. The molecule has 1 aliphatic carbocycles. The fourth-order valence-corrected chi connectivity index (χ4v) is 3.94. The SMILES string of the molecule is CC(CC(N)C(=O)O)c1ccc2cc(OC3CCC(C(F)(F)F)CC3)ccc2c1. The molecule has 4 nitrogen and oxygen atoms in total. The van der Waals surface area contributed by atoms with Gasteiger partial charge in [0, 0.05) is 0 Å². The molecule has 158 valence electrons. The molecule has 1 fully saturated rings. The number of ether oxygens (including phenoxy) is 1. The fraction of sp³-hybridized carbons (Fsp3) is 0.500. The lowest BCUT2D eigenvalue weighted by Gasteiger charge is -2.30. The van der Waals surface area contributed by atoms with Crippen LogP contribution in [-0.2, 0) is 4.79 Å². The molecule has 2 unspecified atom stereocenters. The van der Waals surface area contributed by atoms with Crippen LogP contribution >= 0.6 is 0 Å². The van der Waals surface area contributed by atoms with Gasteiger partial charge in [0.1, 0.15) is 11.8 Å². The van der Waals surface area contributed by atoms with Crippen molar-refractivity contribution >= 4 is 16.7 Å². The summed E-state index contributed by atoms with van der Waals surface area (Å²) >= 11 is 0. The van der Waals surface area contributed by atoms with Crippen LogP contribution in [0, 0.1) is 5.92 Å². The van der Waals surface area contributed by atoms with Gasteiger partial charge >= 0.3 is 12.1 Å². The van der Waals surface area contributed by atoms with E-state index in [9.17, 15) is 18.0 Å². The first-order valence-electron chi connectivity index (χ1n) is 9.89. The number of hydrogen-bond acceptors (Lipinski definition) is 3. The summed E-state index contributed by atoms with van der Waals surface area (Å²) in [7, 11) is 0. The Labute approximate surface area is 167 Å². The van der Waals surface area contributed by atoms with Crippen molar-refractivity contribution in [2.75, 3.05) is 0 Å². The van der Waals surface area contributed by atoms with E-state index in [1.165, 1.54) is 0 Å². The third-order valence-corrected chi connectivity index (χ3v) is 5.77. The maximum atomic E-state index is 12.8. The Morgan fingerprint density at radius 3 is 2.38 bits per heavy atom. The van der Waals surface area contributed by atoms with E-state index in [2.05, 4.69) is 0 Å². The summed E-state index contributed by atoms with van der Waals surface area (Å²) < 4.78 is 44.3. The van der Waals surface area contributed by atoms with Gasteiger partial charge in [0.15, 0.2) is 0 Å². The second-order valence-electron chi connectivity index (χ2n) is 7.98. The van der Waals surface area contributed by atoms with Gasteiger partial charge in [-0.1, -0.05) is 31.2 Å². The topological polar surface area (TPSA) is 72.6 Å². The average molecular weight is 409 g/mol. The van der Waals surface area contributed by atoms with Crippen LogP contribution in [0.25, 0.3) is 10.8 Å². The Balaban J connectivity index is 1.64. The smallest absolute Gasteiger partial charge is 0.391 e. The number of carbonyl (C=O) groups is 1. The number of carboxylic acid groups (broad SMARTS) is 1. The van der Waals surface area contributed by atoms with Gasteiger partial charge in [0.05, 0.1) is 12.0 Å². The van der Waals surface area contributed by atoms with E-state index in [0.717, 1.165) is 16.3 Å². The lowest BCUT2D eigenvalue weighted by atomic mass is 9.87. The molecule has 29 heavy (non-hydrogen) atoms. The average Bonchev–Trinajstić information content (AvgIpc) is 2.67. The molecule has 1 aliphatic rings. The number of nitrogens with two attached hydrogens (primary N) is 1. The van der Waals surface area contributed by atoms with Crippen LogP contribution in [0.3, 0.4) is 0 Å². The van der Waals surface area contributed by atoms with E-state index in [-0.39, 0.29) is 24.9 Å². The van der Waals surface area contributed by atoms with Crippen LogP contribution in [0.1, 0.15) is 50.5 Å². The summed E-state index contributed by atoms with van der Waals surface area (Å²) in [6, 6.07) is 10.6. The van der Waals surface area contributed by atoms with Crippen LogP contribution in [0.5, 0.6) is 5.75 Å². The molecule has 0 heterocycles. The van der Waals surface area contributed by atoms with Gasteiger partial charge in [0.25, 0.3) is 0 Å². The minimum Gasteiger partial charge on any atom is -0.490 e. The molecule has 3 N–H and O–H groups in total. The summed E-state index contributed by atoms with van der Waals surface area (Å²) in [5.41, 5.74) is 6.64. The highest BCUT2D eigenvalue weighted by atomic mass is 19.4. The van der Waals surface area contributed by atoms with Gasteiger partial charge in [0.2, 0.25) is 0 Å². The summed E-state index contributed by atoms with van der Waals surface area (Å²) in [6.07, 6.45) is -2.92. The molecular weight excluding hydrogens is 383 g/mol. The molecule has 1 saturated carbocycles. The molecule has 0 aliphatic heterocycles. The van der Waals surface area contributed by atoms with Gasteiger partial charge in [-0.2, -0.15) is 13.2 Å². The van der Waals surface area contributed by atoms with E-state index in [1.807, 2.05) is 43.3 Å². The van der Waals surface area contributed by atoms with Crippen LogP contribution in [0.15, 0.2) is 36.4 Å². The highest BCUT2D eigenvalue weighted by molar-refractivity contribution is 5.84. The van der Waals surface area contributed by atoms with Crippen molar-refractivity contribution in [2.45, 2.75) is 63.3 Å². The first-order chi connectivity index (χ1) is 13.6. The number of benzene rings is 2. The van der Waals surface area contributed by atoms with E-state index < -0.39 is 24.1 Å². The Hall–Kier alpha value is -2.28. The van der Waals surface area contributed by atoms with E-state index in [1.54, 1.807) is 0 Å². The predicted molar refractivity (Wildman–Crippen MR) is 105 cm³/mol. The number of rotatable bonds is 6. The van der Waals surface area contributed by atoms with E-state index in [4.69, 9.17) is 15.6 Å². The Bertz CT molecular complexity index is 860. The predicted octanol–water partition coefficient (Wildman–Crippen LogP) is 5.25. The minimum atomic E-state index is -4.11. The molecule has 0 saturated heterocycles. The highest BCUT2D eigenvalue weighted by Crippen LogP contribution is 2.38. The number of fused-ring (bicyclic) bond motifs is 1. The zero-order valence-electron chi connectivity index (χ0n) is 16.3. The van der Waals surface area contributed by atoms with Crippen LogP contribution in [0.4, 0.5) is 13.2 Å². The number of carboxylic acids is 1. The van der Waals surface area contributed by atoms with Crippen molar-refractivity contribution in [1.82, 2.24) is 0 Å². The summed E-state index contributed by atoms with van der Waals surface area (Å²) in [5.74, 6) is -1.57. The van der Waals surface area contributed by atoms with Crippen LogP contribution in [0.2, 0.25) is 0 Å². The second kappa shape index (κ2) is 8.61. The molecule has 0 amide bonds. The molecule has 2 aromatic rings. The van der Waals surface area contributed by atoms with Crippen molar-refractivity contribution in [3.63, 3.8) is 0 Å². The van der Waals surface area contributed by atoms with Crippen molar-refractivity contribution in [2.24, 2.45) is 11.7 Å². The van der Waals surface area contributed by atoms with Gasteiger partial charge in [-0.25, -0.2) is 0 Å². The Morgan fingerprint density at radius 2 is 1.76 bits per heavy atom. The molecule has 2 aromatic carbocycles. The van der Waals surface area contributed by atoms with Crippen molar-refractivity contribution < 1.29 is 27.8 Å². The maximum absolute atomic E-state index is 12.8. The highest BCUT2D eigenvalue weighted by Gasteiger charge is 2.41. The second-order valence-corrected chi connectivity index (χ2v) is 7.98. The minimum absolute atomic E-state index is 0.00486. The standard InChI is InChI=1S/C22H26F3NO3/c1-13(10-20(26)21(27)28)14-2-3-16-12-19(7-4-15(16)11-14)29-18-8-5-17(6-9-18)22(23,24)25/h2-4,7,11-13,17-18,20H,5-6,8-10,26H2,1H3,(H,27,28). The molecule has 0 radical (unpaired) electrons. The molecular formula is C22H26F3NO3. The monoisotopic (exact) mass is 409 g/mol. The van der Waals surface area contributed by atoms with E-state index >= 15 is 0 Å². The molecule has 0 bridgehead atoms. The van der Waals surface area contributed by atoms with Gasteiger partial charge in [-0.15, -0.1) is 0 Å². The quantitative estimate of drug-likeness (QED) is 0.684. The van der Waals surface area contributed by atoms with Crippen molar-refractivity contribution in [1.29, 1.82) is 0 Å². The Morgan fingerprint density at radius 1 is 1.14 bits per heavy atom. The molecule has 7 heteroatoms. The third kappa shape index (κ3) is 5.41. The molecule has 0 aromatic heterocycles. The van der Waals surface area contributed by atoms with Gasteiger partial charge < -0.3 is 15.6 Å². The van der Waals surface area contributed by atoms with E-state index in [0.29, 0.717) is 25.0 Å². The molecule has 2 atom stereocenters. The number of hydrogen-bond donors (Lipinski definition) is 2.